The maximum Gasteiger partial charge on any atom is 0.101 e. The Labute approximate surface area is 120 Å². The van der Waals surface area contributed by atoms with E-state index < -0.39 is 0 Å². The molecule has 0 aliphatic carbocycles. The summed E-state index contributed by atoms with van der Waals surface area (Å²) in [5.74, 6) is 0. The number of nitriles is 1. The summed E-state index contributed by atoms with van der Waals surface area (Å²) in [7, 11) is 2.00. The Bertz CT molecular complexity index is 624. The predicted octanol–water partition coefficient (Wildman–Crippen LogP) is 2.96. The fraction of sp³-hybridized carbons (Fsp3) is 0.235. The van der Waals surface area contributed by atoms with Gasteiger partial charge in [-0.15, -0.1) is 0 Å². The lowest BCUT2D eigenvalue weighted by Gasteiger charge is -2.21. The first-order valence-electron chi connectivity index (χ1n) is 6.64. The van der Waals surface area contributed by atoms with Gasteiger partial charge in [0.15, 0.2) is 0 Å². The zero-order valence-corrected chi connectivity index (χ0v) is 11.9. The fourth-order valence-corrected chi connectivity index (χ4v) is 2.19. The average Bonchev–Trinajstić information content (AvgIpc) is 2.48. The van der Waals surface area contributed by atoms with Gasteiger partial charge in [0, 0.05) is 20.1 Å². The topological polar surface area (TPSA) is 53.0 Å². The van der Waals surface area contributed by atoms with Gasteiger partial charge in [0.1, 0.15) is 6.07 Å². The molecule has 0 radical (unpaired) electrons. The Morgan fingerprint density at radius 1 is 1.10 bits per heavy atom. The second-order valence-corrected chi connectivity index (χ2v) is 5.01. The van der Waals surface area contributed by atoms with E-state index >= 15 is 0 Å². The summed E-state index contributed by atoms with van der Waals surface area (Å²) in [5, 5.41) is 9.27. The van der Waals surface area contributed by atoms with Crippen molar-refractivity contribution in [3.8, 4) is 6.07 Å². The molecule has 20 heavy (non-hydrogen) atoms. The zero-order chi connectivity index (χ0) is 14.5. The van der Waals surface area contributed by atoms with Gasteiger partial charge in [-0.2, -0.15) is 5.26 Å². The maximum atomic E-state index is 9.27. The van der Waals surface area contributed by atoms with Crippen molar-refractivity contribution in [1.82, 2.24) is 0 Å². The van der Waals surface area contributed by atoms with Crippen LogP contribution in [0.3, 0.4) is 0 Å². The summed E-state index contributed by atoms with van der Waals surface area (Å²) >= 11 is 0. The summed E-state index contributed by atoms with van der Waals surface area (Å²) in [5.41, 5.74) is 10.7. The van der Waals surface area contributed by atoms with Crippen molar-refractivity contribution in [2.24, 2.45) is 5.73 Å². The third-order valence-electron chi connectivity index (χ3n) is 3.37. The van der Waals surface area contributed by atoms with Gasteiger partial charge in [-0.1, -0.05) is 35.9 Å². The molecular formula is C17H19N3. The van der Waals surface area contributed by atoms with Crippen LogP contribution in [0.15, 0.2) is 42.5 Å². The Kier molecular flexibility index (Phi) is 4.39. The van der Waals surface area contributed by atoms with E-state index in [0.717, 1.165) is 17.8 Å². The van der Waals surface area contributed by atoms with Gasteiger partial charge in [-0.25, -0.2) is 0 Å². The molecule has 0 saturated carbocycles. The van der Waals surface area contributed by atoms with Crippen molar-refractivity contribution in [3.63, 3.8) is 0 Å². The fourth-order valence-electron chi connectivity index (χ4n) is 2.19. The van der Waals surface area contributed by atoms with Gasteiger partial charge in [0.25, 0.3) is 0 Å². The number of anilines is 1. The number of hydrogen-bond acceptors (Lipinski definition) is 3. The number of benzene rings is 2. The molecule has 2 rings (SSSR count). The van der Waals surface area contributed by atoms with Gasteiger partial charge in [-0.05, 0) is 30.2 Å². The molecule has 2 aromatic rings. The molecule has 2 aromatic carbocycles. The second kappa shape index (κ2) is 6.23. The molecule has 3 nitrogen and oxygen atoms in total. The molecule has 0 aliphatic rings. The van der Waals surface area contributed by atoms with Crippen LogP contribution < -0.4 is 10.6 Å². The molecule has 0 spiro atoms. The SMILES string of the molecule is Cc1ccc(CN(C)c2ccc(CN)cc2C#N)cc1. The predicted molar refractivity (Wildman–Crippen MR) is 82.3 cm³/mol. The van der Waals surface area contributed by atoms with Crippen molar-refractivity contribution in [3.05, 3.63) is 64.7 Å². The molecule has 3 heteroatoms. The number of rotatable bonds is 4. The van der Waals surface area contributed by atoms with Crippen molar-refractivity contribution >= 4 is 5.69 Å². The monoisotopic (exact) mass is 265 g/mol. The van der Waals surface area contributed by atoms with E-state index in [-0.39, 0.29) is 0 Å². The molecule has 0 aliphatic heterocycles. The molecule has 0 saturated heterocycles. The Balaban J connectivity index is 2.22. The van der Waals surface area contributed by atoms with E-state index in [4.69, 9.17) is 5.73 Å². The highest BCUT2D eigenvalue weighted by atomic mass is 15.1. The Morgan fingerprint density at radius 2 is 1.75 bits per heavy atom. The molecule has 102 valence electrons. The molecule has 0 heterocycles. The Hall–Kier alpha value is -2.31. The highest BCUT2D eigenvalue weighted by molar-refractivity contribution is 5.60. The van der Waals surface area contributed by atoms with E-state index in [2.05, 4.69) is 42.2 Å². The normalized spacial score (nSPS) is 10.1. The highest BCUT2D eigenvalue weighted by Crippen LogP contribution is 2.22. The zero-order valence-electron chi connectivity index (χ0n) is 11.9. The molecule has 0 unspecified atom stereocenters. The summed E-state index contributed by atoms with van der Waals surface area (Å²) in [6.45, 7) is 3.31. The van der Waals surface area contributed by atoms with Gasteiger partial charge in [0.05, 0.1) is 11.3 Å². The summed E-state index contributed by atoms with van der Waals surface area (Å²) in [6, 6.07) is 16.5. The molecule has 2 N–H and O–H groups in total. The lowest BCUT2D eigenvalue weighted by atomic mass is 10.1. The quantitative estimate of drug-likeness (QED) is 0.924. The number of hydrogen-bond donors (Lipinski definition) is 1. The summed E-state index contributed by atoms with van der Waals surface area (Å²) in [6.07, 6.45) is 0. The first-order valence-corrected chi connectivity index (χ1v) is 6.64. The van der Waals surface area contributed by atoms with Gasteiger partial charge >= 0.3 is 0 Å². The van der Waals surface area contributed by atoms with E-state index in [9.17, 15) is 5.26 Å². The third kappa shape index (κ3) is 3.17. The van der Waals surface area contributed by atoms with E-state index in [1.807, 2.05) is 25.2 Å². The highest BCUT2D eigenvalue weighted by Gasteiger charge is 2.08. The van der Waals surface area contributed by atoms with Gasteiger partial charge in [0.2, 0.25) is 0 Å². The van der Waals surface area contributed by atoms with E-state index in [0.29, 0.717) is 12.1 Å². The molecule has 0 atom stereocenters. The van der Waals surface area contributed by atoms with Crippen molar-refractivity contribution < 1.29 is 0 Å². The largest absolute Gasteiger partial charge is 0.369 e. The van der Waals surface area contributed by atoms with Crippen LogP contribution in [0.2, 0.25) is 0 Å². The van der Waals surface area contributed by atoms with Crippen LogP contribution in [0.5, 0.6) is 0 Å². The summed E-state index contributed by atoms with van der Waals surface area (Å²) in [4.78, 5) is 2.09. The maximum absolute atomic E-state index is 9.27. The molecule has 0 bridgehead atoms. The van der Waals surface area contributed by atoms with E-state index in [1.165, 1.54) is 11.1 Å². The van der Waals surface area contributed by atoms with E-state index in [1.54, 1.807) is 0 Å². The van der Waals surface area contributed by atoms with Crippen molar-refractivity contribution in [1.29, 1.82) is 5.26 Å². The third-order valence-corrected chi connectivity index (χ3v) is 3.37. The van der Waals surface area contributed by atoms with Crippen LogP contribution in [0.4, 0.5) is 5.69 Å². The molecule has 0 amide bonds. The molecular weight excluding hydrogens is 246 g/mol. The lowest BCUT2D eigenvalue weighted by molar-refractivity contribution is 0.918. The van der Waals surface area contributed by atoms with Crippen LogP contribution in [0.25, 0.3) is 0 Å². The first-order chi connectivity index (χ1) is 9.63. The van der Waals surface area contributed by atoms with Gasteiger partial charge < -0.3 is 10.6 Å². The number of nitrogens with zero attached hydrogens (tertiary/aromatic N) is 2. The number of aryl methyl sites for hydroxylation is 1. The van der Waals surface area contributed by atoms with Crippen molar-refractivity contribution in [2.45, 2.75) is 20.0 Å². The lowest BCUT2D eigenvalue weighted by Crippen LogP contribution is -2.17. The number of nitrogens with two attached hydrogens (primary N) is 1. The van der Waals surface area contributed by atoms with Gasteiger partial charge in [-0.3, -0.25) is 0 Å². The van der Waals surface area contributed by atoms with Crippen LogP contribution in [0, 0.1) is 18.3 Å². The molecule has 0 aromatic heterocycles. The standard InChI is InChI=1S/C17H19N3/c1-13-3-5-14(6-4-13)12-20(2)17-8-7-15(10-18)9-16(17)11-19/h3-9H,10,12,18H2,1-2H3. The average molecular weight is 265 g/mol. The minimum atomic E-state index is 0.455. The van der Waals surface area contributed by atoms with Crippen LogP contribution >= 0.6 is 0 Å². The minimum absolute atomic E-state index is 0.455. The minimum Gasteiger partial charge on any atom is -0.369 e. The summed E-state index contributed by atoms with van der Waals surface area (Å²) < 4.78 is 0. The second-order valence-electron chi connectivity index (χ2n) is 5.01. The van der Waals surface area contributed by atoms with Crippen LogP contribution in [-0.2, 0) is 13.1 Å². The van der Waals surface area contributed by atoms with Crippen molar-refractivity contribution in [2.75, 3.05) is 11.9 Å². The Morgan fingerprint density at radius 3 is 2.35 bits per heavy atom. The van der Waals surface area contributed by atoms with Crippen LogP contribution in [-0.4, -0.2) is 7.05 Å². The molecule has 0 fully saturated rings. The first kappa shape index (κ1) is 14.1. The smallest absolute Gasteiger partial charge is 0.101 e. The van der Waals surface area contributed by atoms with Crippen LogP contribution in [0.1, 0.15) is 22.3 Å².